The molecule has 0 aliphatic carbocycles. The first kappa shape index (κ1) is 119. The Labute approximate surface area is 859 Å². The van der Waals surface area contributed by atoms with Gasteiger partial charge < -0.3 is 103 Å². The van der Waals surface area contributed by atoms with Crippen molar-refractivity contribution in [2.24, 2.45) is 0 Å². The van der Waals surface area contributed by atoms with Crippen molar-refractivity contribution in [2.45, 2.75) is 86.4 Å². The minimum Gasteiger partial charge on any atom is -0.494 e. The average molecular weight is 2030 g/mol. The number of nitro benzene ring substituents is 1. The van der Waals surface area contributed by atoms with Crippen LogP contribution >= 0.6 is 11.6 Å². The van der Waals surface area contributed by atoms with E-state index >= 15 is 0 Å². The van der Waals surface area contributed by atoms with Gasteiger partial charge in [0.05, 0.1) is 64.4 Å². The topological polar surface area (TPSA) is 510 Å². The number of ether oxygens (including phenoxy) is 4. The number of rotatable bonds is 48. The molecule has 0 heterocycles. The summed E-state index contributed by atoms with van der Waals surface area (Å²) >= 11 is 5.92. The number of anilines is 1. The number of nitro groups is 1. The minimum absolute atomic E-state index is 0.0100. The molecule has 10 rings (SSSR count). The highest BCUT2D eigenvalue weighted by atomic mass is 35.5. The third kappa shape index (κ3) is 45.5. The van der Waals surface area contributed by atoms with Gasteiger partial charge in [0.1, 0.15) is 51.6 Å². The summed E-state index contributed by atoms with van der Waals surface area (Å²) in [5.41, 5.74) is 10.6. The smallest absolute Gasteiger partial charge is 0.269 e. The Kier molecular flexibility index (Phi) is 54.1. The van der Waals surface area contributed by atoms with Gasteiger partial charge in [0, 0.05) is 125 Å². The standard InChI is InChI=1S/C23H27ClN2O4.C23H27N3O4.C22H25N3O6.C22H24N2O5.C21H24N2O4/c1-3-4-14-30-20-11-7-18(8-12-20)22(27)26-21(23(28)25-13-15-29-2)16-17-5-9-19(24)10-6-17;1-16(28)14-17-4-8-19(9-5-17)22(29)25-21(23(30)24-12-13-27)15-18-6-10-20(11-7-18)26(2)3;1-2-3-14-31-19-10-6-17(7-11-19)21(27)24-20(22(28)23-12-13-26)15-16-4-8-18(9-5-16)25(29)30;1-15(27)12-16-6-8-19(9-7-16)21(28)24-20(22(29)23-10-11-25)13-17-2-4-18(14-26)5-3-17;1-15-3-9-18(10-4-15)20(25)23-19(21(26)22-11-12-27-2)13-16-5-7-17(14-24)8-6-16/h5-12,16H,3-4,13-15H2,1-2H3,(H,25,28)(H,26,27);4-11,15,27H,12-14H2,1-3H3,(H,24,30)(H,25,29);4-11,15,26H,2-3,12-14H2,1H3,(H,23,28)(H,24,27);2-9,13,25-26H,10-12,14H2,1H3,(H,23,29)(H,24,28);3-10,13,24H,11-12,14H2,1-2H3,(H,22,26)(H,23,25)/b21-16-;21-15-;20-15-;20-13-;19-13-. The Morgan fingerprint density at radius 2 is 0.599 bits per heavy atom. The largest absolute Gasteiger partial charge is 0.494 e. The predicted molar refractivity (Wildman–Crippen MR) is 564 cm³/mol. The second-order valence-electron chi connectivity index (χ2n) is 32.7. The molecule has 10 amide bonds. The van der Waals surface area contributed by atoms with Crippen molar-refractivity contribution in [3.63, 3.8) is 0 Å². The number of benzene rings is 10. The number of carbonyl (C=O) groups is 12. The van der Waals surface area contributed by atoms with Crippen LogP contribution in [0.25, 0.3) is 30.4 Å². The average Bonchev–Trinajstić information content (AvgIpc) is 1.03. The van der Waals surface area contributed by atoms with E-state index in [1.165, 1.54) is 50.3 Å². The van der Waals surface area contributed by atoms with E-state index in [9.17, 15) is 67.6 Å². The van der Waals surface area contributed by atoms with Crippen molar-refractivity contribution in [1.29, 1.82) is 0 Å². The van der Waals surface area contributed by atoms with Gasteiger partial charge in [0.15, 0.2) is 0 Å². The van der Waals surface area contributed by atoms with Crippen molar-refractivity contribution in [1.82, 2.24) is 53.2 Å². The number of halogens is 1. The van der Waals surface area contributed by atoms with Crippen LogP contribution in [-0.4, -0.2) is 208 Å². The molecule has 10 aromatic rings. The number of aliphatic hydroxyl groups is 5. The number of unbranched alkanes of at least 4 members (excludes halogenated alkanes) is 2. The van der Waals surface area contributed by atoms with Crippen LogP contribution in [0.15, 0.2) is 271 Å². The summed E-state index contributed by atoms with van der Waals surface area (Å²) in [5.74, 6) is -3.21. The van der Waals surface area contributed by atoms with E-state index in [0.717, 1.165) is 75.9 Å². The maximum atomic E-state index is 12.7. The summed E-state index contributed by atoms with van der Waals surface area (Å²) in [5, 5.41) is 82.6. The van der Waals surface area contributed by atoms with Gasteiger partial charge in [-0.05, 0) is 235 Å². The molecule has 0 unspecified atom stereocenters. The molecule has 10 aromatic carbocycles. The number of methoxy groups -OCH3 is 2. The van der Waals surface area contributed by atoms with Crippen molar-refractivity contribution in [3.05, 3.63) is 370 Å². The van der Waals surface area contributed by atoms with E-state index in [0.29, 0.717) is 108 Å². The Morgan fingerprint density at radius 1 is 0.347 bits per heavy atom. The summed E-state index contributed by atoms with van der Waals surface area (Å²) in [4.78, 5) is 160. The molecule has 0 aliphatic heterocycles. The van der Waals surface area contributed by atoms with Crippen molar-refractivity contribution in [3.8, 4) is 11.5 Å². The number of Topliss-reactive ketones (excluding diaryl/α,β-unsaturated/α-hetero) is 2. The summed E-state index contributed by atoms with van der Waals surface area (Å²) < 4.78 is 21.1. The third-order valence-electron chi connectivity index (χ3n) is 20.5. The second-order valence-corrected chi connectivity index (χ2v) is 33.1. The number of hydrogen-bond acceptors (Lipinski definition) is 24. The molecule has 0 bridgehead atoms. The summed E-state index contributed by atoms with van der Waals surface area (Å²) in [6.45, 7) is 11.0. The number of aryl methyl sites for hydroxylation is 1. The maximum absolute atomic E-state index is 12.7. The molecule has 0 saturated carbocycles. The highest BCUT2D eigenvalue weighted by Gasteiger charge is 2.22. The number of non-ortho nitro benzene ring substituents is 1. The van der Waals surface area contributed by atoms with Crippen molar-refractivity contribution < 1.29 is 107 Å². The van der Waals surface area contributed by atoms with Gasteiger partial charge in [0.25, 0.3) is 64.8 Å². The monoisotopic (exact) mass is 2030 g/mol. The van der Waals surface area contributed by atoms with Crippen LogP contribution in [0.3, 0.4) is 0 Å². The molecule has 0 spiro atoms. The Hall–Kier alpha value is -16.3. The number of amides is 10. The first-order valence-electron chi connectivity index (χ1n) is 47.0. The quantitative estimate of drug-likeness (QED) is 0.00729. The van der Waals surface area contributed by atoms with Gasteiger partial charge in [-0.1, -0.05) is 153 Å². The molecule has 0 atom stereocenters. The summed E-state index contributed by atoms with van der Waals surface area (Å²) in [7, 11) is 6.96. The molecule has 36 heteroatoms. The molecule has 147 heavy (non-hydrogen) atoms. The van der Waals surface area contributed by atoms with Crippen LogP contribution in [0.5, 0.6) is 11.5 Å². The lowest BCUT2D eigenvalue weighted by atomic mass is 10.1. The van der Waals surface area contributed by atoms with E-state index in [-0.39, 0.29) is 104 Å². The fraction of sp³-hybridized carbons (Fsp3) is 0.261. The van der Waals surface area contributed by atoms with Gasteiger partial charge >= 0.3 is 0 Å². The van der Waals surface area contributed by atoms with Gasteiger partial charge in [0.2, 0.25) is 0 Å². The maximum Gasteiger partial charge on any atom is 0.269 e. The number of hydrogen-bond donors (Lipinski definition) is 15. The number of ketones is 2. The number of carbonyl (C=O) groups excluding carboxylic acids is 12. The Morgan fingerprint density at radius 3 is 0.850 bits per heavy atom. The zero-order valence-corrected chi connectivity index (χ0v) is 84.2. The fourth-order valence-electron chi connectivity index (χ4n) is 12.6. The molecule has 0 radical (unpaired) electrons. The van der Waals surface area contributed by atoms with E-state index < -0.39 is 58.1 Å². The lowest BCUT2D eigenvalue weighted by Crippen LogP contribution is -2.36. The van der Waals surface area contributed by atoms with E-state index in [2.05, 4.69) is 67.0 Å². The molecule has 0 saturated heterocycles. The summed E-state index contributed by atoms with van der Waals surface area (Å²) in [6, 6.07) is 67.6. The van der Waals surface area contributed by atoms with E-state index in [1.54, 1.807) is 214 Å². The Balaban J connectivity index is 0.000000281. The predicted octanol–water partition coefficient (Wildman–Crippen LogP) is 11.7. The molecule has 0 aliphatic rings. The first-order valence-corrected chi connectivity index (χ1v) is 47.3. The Bertz CT molecular complexity index is 6100. The van der Waals surface area contributed by atoms with Crippen LogP contribution in [0.1, 0.15) is 161 Å². The van der Waals surface area contributed by atoms with Gasteiger partial charge in [-0.2, -0.15) is 0 Å². The molecular formula is C111H127ClN12O23. The van der Waals surface area contributed by atoms with Crippen LogP contribution in [0, 0.1) is 17.0 Å². The van der Waals surface area contributed by atoms with E-state index in [4.69, 9.17) is 56.1 Å². The lowest BCUT2D eigenvalue weighted by molar-refractivity contribution is -0.384. The van der Waals surface area contributed by atoms with Crippen molar-refractivity contribution in [2.75, 3.05) is 112 Å². The van der Waals surface area contributed by atoms with Crippen LogP contribution in [0.2, 0.25) is 5.02 Å². The second kappa shape index (κ2) is 66.6. The van der Waals surface area contributed by atoms with Crippen LogP contribution < -0.4 is 67.5 Å². The lowest BCUT2D eigenvalue weighted by Gasteiger charge is -2.13. The molecule has 15 N–H and O–H groups in total. The zero-order valence-electron chi connectivity index (χ0n) is 83.5. The third-order valence-corrected chi connectivity index (χ3v) is 20.8. The normalized spacial score (nSPS) is 11.1. The highest BCUT2D eigenvalue weighted by Crippen LogP contribution is 2.23. The molecule has 776 valence electrons. The summed E-state index contributed by atoms with van der Waals surface area (Å²) in [6.07, 6.45) is 12.2. The van der Waals surface area contributed by atoms with E-state index in [1.807, 2.05) is 62.3 Å². The minimum atomic E-state index is -0.597. The number of nitrogens with zero attached hydrogens (tertiary/aromatic N) is 2. The number of nitrogens with one attached hydrogen (secondary N) is 10. The first-order chi connectivity index (χ1) is 70.7. The van der Waals surface area contributed by atoms with Gasteiger partial charge in [-0.25, -0.2) is 0 Å². The van der Waals surface area contributed by atoms with Gasteiger partial charge in [-0.15, -0.1) is 0 Å². The van der Waals surface area contributed by atoms with Crippen LogP contribution in [-0.2, 0) is 69.1 Å². The molecule has 35 nitrogen and oxygen atoms in total. The molecule has 0 fully saturated rings. The SMILES string of the molecule is CC(=O)Cc1ccc(C(=O)N/C(=C\c2ccc(CO)cc2)C(=O)NCCO)cc1.CC(=O)Cc1ccc(C(=O)N/C(=C\c2ccc(N(C)C)cc2)C(=O)NCCO)cc1.CCCCOc1ccc(C(=O)N/C(=C\c2ccc(Cl)cc2)C(=O)NCCOC)cc1.CCCCOc1ccc(C(=O)N/C(=C\c2ccc([N+](=O)[O-])cc2)C(=O)NCCO)cc1.COCCNC(=O)/C(=C/c1ccc(CO)cc1)NC(=O)c1ccc(C)cc1. The molecule has 0 aromatic heterocycles. The van der Waals surface area contributed by atoms with Crippen LogP contribution in [0.4, 0.5) is 11.4 Å². The zero-order chi connectivity index (χ0) is 107. The van der Waals surface area contributed by atoms with Crippen molar-refractivity contribution >= 4 is 124 Å². The number of aliphatic hydroxyl groups excluding tert-OH is 5. The molecular weight excluding hydrogens is 1900 g/mol. The highest BCUT2D eigenvalue weighted by molar-refractivity contribution is 6.30. The fourth-order valence-corrected chi connectivity index (χ4v) is 12.7. The van der Waals surface area contributed by atoms with Gasteiger partial charge in [-0.3, -0.25) is 67.6 Å².